The van der Waals surface area contributed by atoms with Crippen molar-refractivity contribution in [2.45, 2.75) is 13.0 Å². The van der Waals surface area contributed by atoms with E-state index >= 15 is 0 Å². The Morgan fingerprint density at radius 3 is 3.00 bits per heavy atom. The smallest absolute Gasteiger partial charge is 0.279 e. The number of aromatic nitrogens is 1. The highest BCUT2D eigenvalue weighted by atomic mass is 16.7. The summed E-state index contributed by atoms with van der Waals surface area (Å²) in [6.45, 7) is 1.88. The van der Waals surface area contributed by atoms with Crippen LogP contribution in [0.4, 0.5) is 5.82 Å². The van der Waals surface area contributed by atoms with Gasteiger partial charge in [0, 0.05) is 6.20 Å². The molecular formula is C9H11N3O2. The van der Waals surface area contributed by atoms with Crippen molar-refractivity contribution >= 4 is 11.7 Å². The van der Waals surface area contributed by atoms with Gasteiger partial charge in [-0.3, -0.25) is 9.63 Å². The van der Waals surface area contributed by atoms with Crippen molar-refractivity contribution < 1.29 is 9.63 Å². The Kier molecular flexibility index (Phi) is 1.89. The molecule has 0 aromatic carbocycles. The summed E-state index contributed by atoms with van der Waals surface area (Å²) in [5.41, 5.74) is 6.97. The zero-order valence-electron chi connectivity index (χ0n) is 8.02. The molecule has 2 N–H and O–H groups in total. The Morgan fingerprint density at radius 2 is 2.36 bits per heavy atom. The van der Waals surface area contributed by atoms with Gasteiger partial charge in [-0.15, -0.1) is 0 Å². The second-order valence-corrected chi connectivity index (χ2v) is 3.19. The van der Waals surface area contributed by atoms with Crippen molar-refractivity contribution in [3.8, 4) is 0 Å². The number of fused-ring (bicyclic) bond motifs is 1. The standard InChI is InChI=1S/C9H11N3O2/c1-5-6-3-8(10)11-4-7(6)9(13)12(5)14-2/h3-5H,1-2H3,(H2,10,11). The molecular weight excluding hydrogens is 182 g/mol. The van der Waals surface area contributed by atoms with Crippen molar-refractivity contribution in [2.75, 3.05) is 12.8 Å². The lowest BCUT2D eigenvalue weighted by Gasteiger charge is -2.17. The molecule has 0 spiro atoms. The first-order valence-electron chi connectivity index (χ1n) is 4.28. The first-order chi connectivity index (χ1) is 6.65. The number of nitrogen functional groups attached to an aromatic ring is 1. The van der Waals surface area contributed by atoms with E-state index in [2.05, 4.69) is 4.98 Å². The van der Waals surface area contributed by atoms with Gasteiger partial charge in [0.2, 0.25) is 0 Å². The monoisotopic (exact) mass is 193 g/mol. The van der Waals surface area contributed by atoms with E-state index in [9.17, 15) is 4.79 Å². The maximum atomic E-state index is 11.7. The zero-order valence-corrected chi connectivity index (χ0v) is 8.02. The summed E-state index contributed by atoms with van der Waals surface area (Å²) in [5, 5.41) is 1.31. The molecule has 74 valence electrons. The fraction of sp³-hybridized carbons (Fsp3) is 0.333. The number of amides is 1. The van der Waals surface area contributed by atoms with Gasteiger partial charge in [-0.05, 0) is 18.6 Å². The molecule has 0 radical (unpaired) electrons. The van der Waals surface area contributed by atoms with Crippen LogP contribution in [0.3, 0.4) is 0 Å². The molecule has 1 unspecified atom stereocenters. The maximum absolute atomic E-state index is 11.7. The number of hydroxylamine groups is 2. The number of rotatable bonds is 1. The minimum Gasteiger partial charge on any atom is -0.384 e. The summed E-state index contributed by atoms with van der Waals surface area (Å²) in [6, 6.07) is 1.60. The van der Waals surface area contributed by atoms with Crippen LogP contribution in [0, 0.1) is 0 Å². The number of nitrogens with two attached hydrogens (primary N) is 1. The average molecular weight is 193 g/mol. The van der Waals surface area contributed by atoms with Gasteiger partial charge in [0.1, 0.15) is 5.82 Å². The summed E-state index contributed by atoms with van der Waals surface area (Å²) < 4.78 is 0. The van der Waals surface area contributed by atoms with Crippen LogP contribution in [0.25, 0.3) is 0 Å². The number of carbonyl (C=O) groups is 1. The van der Waals surface area contributed by atoms with Gasteiger partial charge in [-0.2, -0.15) is 0 Å². The summed E-state index contributed by atoms with van der Waals surface area (Å²) in [5.74, 6) is 0.254. The number of pyridine rings is 1. The molecule has 1 aliphatic rings. The molecule has 2 rings (SSSR count). The Bertz CT molecular complexity index is 392. The minimum absolute atomic E-state index is 0.104. The fourth-order valence-electron chi connectivity index (χ4n) is 1.67. The van der Waals surface area contributed by atoms with Gasteiger partial charge >= 0.3 is 0 Å². The molecule has 0 saturated heterocycles. The number of nitrogens with zero attached hydrogens (tertiary/aromatic N) is 2. The number of hydrogen-bond donors (Lipinski definition) is 1. The lowest BCUT2D eigenvalue weighted by atomic mass is 10.1. The number of anilines is 1. The van der Waals surface area contributed by atoms with Crippen molar-refractivity contribution in [1.82, 2.24) is 10.0 Å². The highest BCUT2D eigenvalue weighted by molar-refractivity contribution is 5.98. The van der Waals surface area contributed by atoms with Gasteiger partial charge in [0.15, 0.2) is 0 Å². The molecule has 0 bridgehead atoms. The highest BCUT2D eigenvalue weighted by Crippen LogP contribution is 2.33. The molecule has 2 heterocycles. The zero-order chi connectivity index (χ0) is 10.3. The van der Waals surface area contributed by atoms with Crippen LogP contribution < -0.4 is 5.73 Å². The van der Waals surface area contributed by atoms with Crippen molar-refractivity contribution in [3.05, 3.63) is 23.4 Å². The normalized spacial score (nSPS) is 20.0. The molecule has 1 aromatic rings. The largest absolute Gasteiger partial charge is 0.384 e. The molecule has 14 heavy (non-hydrogen) atoms. The SMILES string of the molecule is CON1C(=O)c2cnc(N)cc2C1C. The van der Waals surface area contributed by atoms with Crippen LogP contribution >= 0.6 is 0 Å². The number of carbonyl (C=O) groups excluding carboxylic acids is 1. The molecule has 1 atom stereocenters. The number of hydrogen-bond acceptors (Lipinski definition) is 4. The third-order valence-corrected chi connectivity index (χ3v) is 2.39. The van der Waals surface area contributed by atoms with Crippen LogP contribution in [0.2, 0.25) is 0 Å². The van der Waals surface area contributed by atoms with Crippen LogP contribution in [-0.2, 0) is 4.84 Å². The third kappa shape index (κ3) is 1.06. The van der Waals surface area contributed by atoms with Gasteiger partial charge in [0.25, 0.3) is 5.91 Å². The van der Waals surface area contributed by atoms with Crippen molar-refractivity contribution in [3.63, 3.8) is 0 Å². The Labute approximate surface area is 81.4 Å². The minimum atomic E-state index is -0.164. The topological polar surface area (TPSA) is 68.5 Å². The van der Waals surface area contributed by atoms with E-state index < -0.39 is 0 Å². The Hall–Kier alpha value is -1.62. The molecule has 1 aliphatic heterocycles. The van der Waals surface area contributed by atoms with E-state index in [1.165, 1.54) is 18.4 Å². The average Bonchev–Trinajstić information content (AvgIpc) is 2.39. The van der Waals surface area contributed by atoms with E-state index in [1.807, 2.05) is 6.92 Å². The second kappa shape index (κ2) is 2.95. The molecule has 5 nitrogen and oxygen atoms in total. The van der Waals surface area contributed by atoms with Gasteiger partial charge in [0.05, 0.1) is 18.7 Å². The quantitative estimate of drug-likeness (QED) is 0.714. The Balaban J connectivity index is 2.52. The van der Waals surface area contributed by atoms with Crippen molar-refractivity contribution in [1.29, 1.82) is 0 Å². The van der Waals surface area contributed by atoms with E-state index in [4.69, 9.17) is 10.6 Å². The summed E-state index contributed by atoms with van der Waals surface area (Å²) in [7, 11) is 1.47. The van der Waals surface area contributed by atoms with E-state index in [0.29, 0.717) is 11.4 Å². The van der Waals surface area contributed by atoms with Crippen LogP contribution in [0.15, 0.2) is 12.3 Å². The molecule has 5 heteroatoms. The molecule has 0 aliphatic carbocycles. The molecule has 1 amide bonds. The van der Waals surface area contributed by atoms with E-state index in [-0.39, 0.29) is 11.9 Å². The van der Waals surface area contributed by atoms with E-state index in [0.717, 1.165) is 5.56 Å². The maximum Gasteiger partial charge on any atom is 0.279 e. The fourth-order valence-corrected chi connectivity index (χ4v) is 1.67. The van der Waals surface area contributed by atoms with Gasteiger partial charge in [-0.25, -0.2) is 10.0 Å². The molecule has 0 saturated carbocycles. The molecule has 1 aromatic heterocycles. The lowest BCUT2D eigenvalue weighted by molar-refractivity contribution is -0.114. The Morgan fingerprint density at radius 1 is 1.64 bits per heavy atom. The van der Waals surface area contributed by atoms with E-state index in [1.54, 1.807) is 6.07 Å². The van der Waals surface area contributed by atoms with Crippen molar-refractivity contribution in [2.24, 2.45) is 0 Å². The van der Waals surface area contributed by atoms with Crippen LogP contribution in [-0.4, -0.2) is 23.1 Å². The summed E-state index contributed by atoms with van der Waals surface area (Å²) >= 11 is 0. The second-order valence-electron chi connectivity index (χ2n) is 3.19. The third-order valence-electron chi connectivity index (χ3n) is 2.39. The van der Waals surface area contributed by atoms with Crippen LogP contribution in [0.1, 0.15) is 28.9 Å². The van der Waals surface area contributed by atoms with Gasteiger partial charge in [-0.1, -0.05) is 0 Å². The first-order valence-corrected chi connectivity index (χ1v) is 4.28. The molecule has 0 fully saturated rings. The summed E-state index contributed by atoms with van der Waals surface area (Å²) in [4.78, 5) is 20.5. The summed E-state index contributed by atoms with van der Waals surface area (Å²) in [6.07, 6.45) is 1.49. The first kappa shape index (κ1) is 8.96. The lowest BCUT2D eigenvalue weighted by Crippen LogP contribution is -2.25. The van der Waals surface area contributed by atoms with Gasteiger partial charge < -0.3 is 5.73 Å². The predicted octanol–water partition coefficient (Wildman–Crippen LogP) is 0.742. The predicted molar refractivity (Wildman–Crippen MR) is 50.2 cm³/mol. The highest BCUT2D eigenvalue weighted by Gasteiger charge is 2.34. The van der Waals surface area contributed by atoms with Crippen LogP contribution in [0.5, 0.6) is 0 Å².